The van der Waals surface area contributed by atoms with Gasteiger partial charge in [0.05, 0.1) is 11.6 Å². The molecule has 1 aromatic carbocycles. The molecule has 2 aliphatic rings. The number of hydrogen-bond acceptors (Lipinski definition) is 3. The van der Waals surface area contributed by atoms with Gasteiger partial charge in [0.2, 0.25) is 0 Å². The third-order valence-corrected chi connectivity index (χ3v) is 5.00. The average molecular weight is 255 g/mol. The van der Waals surface area contributed by atoms with Crippen LogP contribution in [0.15, 0.2) is 24.3 Å². The molecule has 1 aromatic rings. The quantitative estimate of drug-likeness (QED) is 0.880. The topological polar surface area (TPSA) is 39.1 Å². The normalized spacial score (nSPS) is 31.9. The van der Waals surface area contributed by atoms with Gasteiger partial charge in [-0.05, 0) is 56.5 Å². The molecular weight excluding hydrogens is 234 g/mol. The zero-order chi connectivity index (χ0) is 13.4. The molecule has 19 heavy (non-hydrogen) atoms. The largest absolute Gasteiger partial charge is 0.316 e. The van der Waals surface area contributed by atoms with E-state index in [0.29, 0.717) is 12.1 Å². The molecular formula is C16H21N3. The maximum Gasteiger partial charge on any atom is 0.0991 e. The summed E-state index contributed by atoms with van der Waals surface area (Å²) in [5, 5.41) is 12.4. The van der Waals surface area contributed by atoms with Crippen LogP contribution in [0.3, 0.4) is 0 Å². The van der Waals surface area contributed by atoms with Crippen LogP contribution in [0.25, 0.3) is 0 Å². The van der Waals surface area contributed by atoms with Crippen molar-refractivity contribution in [2.75, 3.05) is 19.6 Å². The third kappa shape index (κ3) is 2.16. The van der Waals surface area contributed by atoms with Gasteiger partial charge >= 0.3 is 0 Å². The lowest BCUT2D eigenvalue weighted by Gasteiger charge is -2.31. The van der Waals surface area contributed by atoms with Crippen LogP contribution in [0.4, 0.5) is 0 Å². The van der Waals surface area contributed by atoms with Gasteiger partial charge in [-0.1, -0.05) is 12.1 Å². The fourth-order valence-corrected chi connectivity index (χ4v) is 3.74. The minimum absolute atomic E-state index is 0.438. The fraction of sp³-hybridized carbons (Fsp3) is 0.562. The third-order valence-electron chi connectivity index (χ3n) is 5.00. The first-order valence-electron chi connectivity index (χ1n) is 7.17. The molecule has 0 aliphatic carbocycles. The molecule has 3 heteroatoms. The molecule has 4 atom stereocenters. The van der Waals surface area contributed by atoms with Crippen LogP contribution in [0, 0.1) is 23.2 Å². The maximum absolute atomic E-state index is 8.86. The van der Waals surface area contributed by atoms with Crippen molar-refractivity contribution in [2.45, 2.75) is 25.9 Å². The van der Waals surface area contributed by atoms with E-state index in [4.69, 9.17) is 5.26 Å². The van der Waals surface area contributed by atoms with Crippen LogP contribution in [0.5, 0.6) is 0 Å². The van der Waals surface area contributed by atoms with E-state index in [1.807, 2.05) is 12.1 Å². The van der Waals surface area contributed by atoms with Gasteiger partial charge in [0.15, 0.2) is 0 Å². The Morgan fingerprint density at radius 1 is 1.32 bits per heavy atom. The van der Waals surface area contributed by atoms with Crippen molar-refractivity contribution in [1.29, 1.82) is 5.26 Å². The second kappa shape index (κ2) is 4.96. The number of nitrogens with zero attached hydrogens (tertiary/aromatic N) is 2. The Morgan fingerprint density at radius 3 is 2.68 bits per heavy atom. The van der Waals surface area contributed by atoms with E-state index in [0.717, 1.165) is 17.4 Å². The first-order chi connectivity index (χ1) is 9.20. The summed E-state index contributed by atoms with van der Waals surface area (Å²) >= 11 is 0. The highest BCUT2D eigenvalue weighted by molar-refractivity contribution is 5.32. The average Bonchev–Trinajstić information content (AvgIpc) is 3.02. The molecule has 0 aromatic heterocycles. The SMILES string of the molecule is CC(c1ccc(C#N)cc1)N1CC2CNCC2C1C. The molecule has 2 saturated heterocycles. The Morgan fingerprint density at radius 2 is 2.05 bits per heavy atom. The zero-order valence-corrected chi connectivity index (χ0v) is 11.6. The van der Waals surface area contributed by atoms with E-state index < -0.39 is 0 Å². The van der Waals surface area contributed by atoms with Gasteiger partial charge in [-0.3, -0.25) is 4.90 Å². The fourth-order valence-electron chi connectivity index (χ4n) is 3.74. The lowest BCUT2D eigenvalue weighted by molar-refractivity contribution is 0.182. The van der Waals surface area contributed by atoms with Crippen LogP contribution in [0.2, 0.25) is 0 Å². The highest BCUT2D eigenvalue weighted by atomic mass is 15.2. The maximum atomic E-state index is 8.86. The van der Waals surface area contributed by atoms with Gasteiger partial charge < -0.3 is 5.32 Å². The molecule has 0 saturated carbocycles. The molecule has 2 fully saturated rings. The molecule has 0 amide bonds. The number of hydrogen-bond donors (Lipinski definition) is 1. The van der Waals surface area contributed by atoms with Crippen LogP contribution in [-0.2, 0) is 0 Å². The predicted octanol–water partition coefficient (Wildman–Crippen LogP) is 2.16. The van der Waals surface area contributed by atoms with Gasteiger partial charge in [-0.2, -0.15) is 5.26 Å². The summed E-state index contributed by atoms with van der Waals surface area (Å²) in [7, 11) is 0. The van der Waals surface area contributed by atoms with Crippen LogP contribution in [-0.4, -0.2) is 30.6 Å². The number of likely N-dealkylation sites (tertiary alicyclic amines) is 1. The first-order valence-corrected chi connectivity index (χ1v) is 7.17. The molecule has 3 rings (SSSR count). The lowest BCUT2D eigenvalue weighted by Crippen LogP contribution is -2.35. The highest BCUT2D eigenvalue weighted by Gasteiger charge is 2.43. The van der Waals surface area contributed by atoms with Gasteiger partial charge in [0.25, 0.3) is 0 Å². The summed E-state index contributed by atoms with van der Waals surface area (Å²) in [6, 6.07) is 11.3. The van der Waals surface area contributed by atoms with E-state index >= 15 is 0 Å². The zero-order valence-electron chi connectivity index (χ0n) is 11.6. The molecule has 0 radical (unpaired) electrons. The van der Waals surface area contributed by atoms with E-state index in [9.17, 15) is 0 Å². The molecule has 0 bridgehead atoms. The van der Waals surface area contributed by atoms with Crippen molar-refractivity contribution in [1.82, 2.24) is 10.2 Å². The monoisotopic (exact) mass is 255 g/mol. The van der Waals surface area contributed by atoms with E-state index in [1.54, 1.807) is 0 Å². The van der Waals surface area contributed by atoms with Crippen LogP contribution >= 0.6 is 0 Å². The van der Waals surface area contributed by atoms with Gasteiger partial charge in [-0.25, -0.2) is 0 Å². The lowest BCUT2D eigenvalue weighted by atomic mass is 9.95. The van der Waals surface area contributed by atoms with Crippen molar-refractivity contribution in [3.63, 3.8) is 0 Å². The Kier molecular flexibility index (Phi) is 3.30. The number of benzene rings is 1. The Bertz CT molecular complexity index is 488. The first kappa shape index (κ1) is 12.7. The number of fused-ring (bicyclic) bond motifs is 1. The second-order valence-electron chi connectivity index (χ2n) is 5.93. The number of nitriles is 1. The number of nitrogens with one attached hydrogen (secondary N) is 1. The summed E-state index contributed by atoms with van der Waals surface area (Å²) in [5.74, 6) is 1.62. The summed E-state index contributed by atoms with van der Waals surface area (Å²) in [5.41, 5.74) is 2.06. The molecule has 4 unspecified atom stereocenters. The van der Waals surface area contributed by atoms with Gasteiger partial charge in [0, 0.05) is 18.6 Å². The standard InChI is InChI=1S/C16H21N3/c1-11(14-5-3-13(7-17)4-6-14)19-10-15-8-18-9-16(15)12(19)2/h3-6,11-12,15-16,18H,8-10H2,1-2H3. The van der Waals surface area contributed by atoms with Gasteiger partial charge in [-0.15, -0.1) is 0 Å². The Balaban J connectivity index is 1.76. The summed E-state index contributed by atoms with van der Waals surface area (Å²) in [6.45, 7) is 8.18. The van der Waals surface area contributed by atoms with Crippen molar-refractivity contribution in [3.8, 4) is 6.07 Å². The Labute approximate surface area is 115 Å². The van der Waals surface area contributed by atoms with Crippen molar-refractivity contribution >= 4 is 0 Å². The van der Waals surface area contributed by atoms with E-state index in [-0.39, 0.29) is 0 Å². The molecule has 3 nitrogen and oxygen atoms in total. The smallest absolute Gasteiger partial charge is 0.0991 e. The summed E-state index contributed by atoms with van der Waals surface area (Å²) in [4.78, 5) is 2.62. The molecule has 2 aliphatic heterocycles. The molecule has 0 spiro atoms. The molecule has 100 valence electrons. The summed E-state index contributed by atoms with van der Waals surface area (Å²) < 4.78 is 0. The van der Waals surface area contributed by atoms with Crippen LogP contribution in [0.1, 0.15) is 31.0 Å². The van der Waals surface area contributed by atoms with E-state index in [1.165, 1.54) is 25.2 Å². The van der Waals surface area contributed by atoms with Crippen molar-refractivity contribution < 1.29 is 0 Å². The summed E-state index contributed by atoms with van der Waals surface area (Å²) in [6.07, 6.45) is 0. The molecule has 1 N–H and O–H groups in total. The Hall–Kier alpha value is -1.37. The second-order valence-corrected chi connectivity index (χ2v) is 5.93. The van der Waals surface area contributed by atoms with Gasteiger partial charge in [0.1, 0.15) is 0 Å². The minimum atomic E-state index is 0.438. The van der Waals surface area contributed by atoms with E-state index in [2.05, 4.69) is 42.3 Å². The van der Waals surface area contributed by atoms with Crippen molar-refractivity contribution in [2.24, 2.45) is 11.8 Å². The molecule has 2 heterocycles. The van der Waals surface area contributed by atoms with Crippen molar-refractivity contribution in [3.05, 3.63) is 35.4 Å². The minimum Gasteiger partial charge on any atom is -0.316 e. The predicted molar refractivity (Wildman–Crippen MR) is 75.6 cm³/mol. The highest BCUT2D eigenvalue weighted by Crippen LogP contribution is 2.37. The number of rotatable bonds is 2. The van der Waals surface area contributed by atoms with Crippen LogP contribution < -0.4 is 5.32 Å².